The molecule has 0 bridgehead atoms. The predicted octanol–water partition coefficient (Wildman–Crippen LogP) is 1.99. The van der Waals surface area contributed by atoms with Crippen LogP contribution in [-0.2, 0) is 6.42 Å². The fraction of sp³-hybridized carbons (Fsp3) is 0.222. The first-order valence-corrected chi connectivity index (χ1v) is 5.10. The molecule has 0 fully saturated rings. The number of nitrogens with zero attached hydrogens (tertiary/aromatic N) is 4. The van der Waals surface area contributed by atoms with Gasteiger partial charge >= 0.3 is 0 Å². The summed E-state index contributed by atoms with van der Waals surface area (Å²) in [5.41, 5.74) is 1.02. The number of halogens is 1. The second kappa shape index (κ2) is 3.88. The molecule has 0 aliphatic carbocycles. The van der Waals surface area contributed by atoms with E-state index in [1.807, 2.05) is 12.3 Å². The molecule has 4 nitrogen and oxygen atoms in total. The van der Waals surface area contributed by atoms with Gasteiger partial charge in [-0.15, -0.1) is 0 Å². The van der Waals surface area contributed by atoms with Gasteiger partial charge in [0.2, 0.25) is 0 Å². The van der Waals surface area contributed by atoms with Gasteiger partial charge in [-0.1, -0.05) is 6.92 Å². The number of rotatable bonds is 2. The SMILES string of the molecule is CCc1cc(-n2cc(Br)cn2)ncn1. The van der Waals surface area contributed by atoms with Gasteiger partial charge < -0.3 is 0 Å². The summed E-state index contributed by atoms with van der Waals surface area (Å²) in [6.45, 7) is 2.06. The molecule has 0 spiro atoms. The number of aromatic nitrogens is 4. The second-order valence-electron chi connectivity index (χ2n) is 2.82. The van der Waals surface area contributed by atoms with Crippen molar-refractivity contribution in [3.63, 3.8) is 0 Å². The van der Waals surface area contributed by atoms with Gasteiger partial charge in [-0.25, -0.2) is 14.6 Å². The molecule has 0 saturated heterocycles. The monoisotopic (exact) mass is 252 g/mol. The maximum atomic E-state index is 4.14. The average Bonchev–Trinajstić information content (AvgIpc) is 2.65. The van der Waals surface area contributed by atoms with E-state index in [0.717, 1.165) is 22.4 Å². The van der Waals surface area contributed by atoms with Crippen molar-refractivity contribution in [1.29, 1.82) is 0 Å². The van der Waals surface area contributed by atoms with E-state index in [1.165, 1.54) is 0 Å². The molecule has 5 heteroatoms. The van der Waals surface area contributed by atoms with Gasteiger partial charge in [0.15, 0.2) is 5.82 Å². The fourth-order valence-electron chi connectivity index (χ4n) is 1.13. The topological polar surface area (TPSA) is 43.6 Å². The minimum atomic E-state index is 0.794. The van der Waals surface area contributed by atoms with Gasteiger partial charge in [0.1, 0.15) is 6.33 Å². The van der Waals surface area contributed by atoms with Crippen molar-refractivity contribution in [3.05, 3.63) is 35.0 Å². The lowest BCUT2D eigenvalue weighted by molar-refractivity contribution is 0.828. The Morgan fingerprint density at radius 3 is 2.93 bits per heavy atom. The summed E-state index contributed by atoms with van der Waals surface area (Å²) in [6, 6.07) is 1.93. The third kappa shape index (κ3) is 1.82. The number of hydrogen-bond acceptors (Lipinski definition) is 3. The largest absolute Gasteiger partial charge is 0.241 e. The second-order valence-corrected chi connectivity index (χ2v) is 3.74. The molecule has 0 unspecified atom stereocenters. The predicted molar refractivity (Wildman–Crippen MR) is 56.2 cm³/mol. The van der Waals surface area contributed by atoms with Crippen LogP contribution >= 0.6 is 15.9 Å². The van der Waals surface area contributed by atoms with Crippen LogP contribution in [0, 0.1) is 0 Å². The Balaban J connectivity index is 2.41. The van der Waals surface area contributed by atoms with Crippen LogP contribution < -0.4 is 0 Å². The van der Waals surface area contributed by atoms with Crippen LogP contribution in [0.15, 0.2) is 29.3 Å². The summed E-state index contributed by atoms with van der Waals surface area (Å²) in [4.78, 5) is 8.27. The molecule has 2 aromatic rings. The Hall–Kier alpha value is -1.23. The molecule has 0 aliphatic heterocycles. The highest BCUT2D eigenvalue weighted by Crippen LogP contribution is 2.10. The summed E-state index contributed by atoms with van der Waals surface area (Å²) in [5.74, 6) is 0.794. The molecule has 0 aromatic carbocycles. The van der Waals surface area contributed by atoms with Crippen LogP contribution in [0.4, 0.5) is 0 Å². The summed E-state index contributed by atoms with van der Waals surface area (Å²) in [7, 11) is 0. The molecular weight excluding hydrogens is 244 g/mol. The zero-order chi connectivity index (χ0) is 9.97. The molecule has 0 aliphatic rings. The van der Waals surface area contributed by atoms with Crippen LogP contribution in [0.3, 0.4) is 0 Å². The van der Waals surface area contributed by atoms with Gasteiger partial charge in [-0.05, 0) is 22.4 Å². The Bertz CT molecular complexity index is 438. The van der Waals surface area contributed by atoms with Crippen LogP contribution in [0.5, 0.6) is 0 Å². The van der Waals surface area contributed by atoms with E-state index in [0.29, 0.717) is 0 Å². The van der Waals surface area contributed by atoms with Gasteiger partial charge in [0.05, 0.1) is 10.7 Å². The first kappa shape index (κ1) is 9.33. The van der Waals surface area contributed by atoms with E-state index in [2.05, 4.69) is 37.9 Å². The highest BCUT2D eigenvalue weighted by Gasteiger charge is 2.01. The van der Waals surface area contributed by atoms with E-state index >= 15 is 0 Å². The molecule has 0 saturated carbocycles. The van der Waals surface area contributed by atoms with Gasteiger partial charge in [-0.3, -0.25) is 0 Å². The van der Waals surface area contributed by atoms with E-state index in [9.17, 15) is 0 Å². The summed E-state index contributed by atoms with van der Waals surface area (Å²) in [6.07, 6.45) is 6.05. The molecule has 0 atom stereocenters. The van der Waals surface area contributed by atoms with Crippen molar-refractivity contribution in [2.24, 2.45) is 0 Å². The Morgan fingerprint density at radius 1 is 1.43 bits per heavy atom. The smallest absolute Gasteiger partial charge is 0.156 e. The standard InChI is InChI=1S/C9H9BrN4/c1-2-8-3-9(12-6-11-8)14-5-7(10)4-13-14/h3-6H,2H2,1H3. The third-order valence-corrected chi connectivity index (χ3v) is 2.27. The fourth-order valence-corrected chi connectivity index (χ4v) is 1.42. The van der Waals surface area contributed by atoms with Gasteiger partial charge in [0.25, 0.3) is 0 Å². The first-order chi connectivity index (χ1) is 6.79. The summed E-state index contributed by atoms with van der Waals surface area (Å²) in [5, 5.41) is 4.14. The lowest BCUT2D eigenvalue weighted by Crippen LogP contribution is -2.00. The van der Waals surface area contributed by atoms with E-state index in [1.54, 1.807) is 17.2 Å². The molecule has 2 heterocycles. The minimum absolute atomic E-state index is 0.794. The van der Waals surface area contributed by atoms with Crippen molar-refractivity contribution >= 4 is 15.9 Å². The number of hydrogen-bond donors (Lipinski definition) is 0. The normalized spacial score (nSPS) is 10.4. The Labute approximate surface area is 90.1 Å². The summed E-state index contributed by atoms with van der Waals surface area (Å²) >= 11 is 3.34. The number of aryl methyl sites for hydroxylation is 1. The van der Waals surface area contributed by atoms with Gasteiger partial charge in [0, 0.05) is 18.0 Å². The molecular formula is C9H9BrN4. The van der Waals surface area contributed by atoms with Crippen LogP contribution in [0.2, 0.25) is 0 Å². The van der Waals surface area contributed by atoms with Crippen LogP contribution in [0.1, 0.15) is 12.6 Å². The van der Waals surface area contributed by atoms with Crippen LogP contribution in [-0.4, -0.2) is 19.7 Å². The maximum Gasteiger partial charge on any atom is 0.156 e. The molecule has 0 radical (unpaired) electrons. The quantitative estimate of drug-likeness (QED) is 0.821. The van der Waals surface area contributed by atoms with E-state index in [-0.39, 0.29) is 0 Å². The van der Waals surface area contributed by atoms with Gasteiger partial charge in [-0.2, -0.15) is 5.10 Å². The van der Waals surface area contributed by atoms with Crippen LogP contribution in [0.25, 0.3) is 5.82 Å². The van der Waals surface area contributed by atoms with E-state index < -0.39 is 0 Å². The maximum absolute atomic E-state index is 4.14. The molecule has 2 rings (SSSR count). The van der Waals surface area contributed by atoms with Crippen molar-refractivity contribution in [2.45, 2.75) is 13.3 Å². The Kier molecular flexibility index (Phi) is 2.58. The highest BCUT2D eigenvalue weighted by molar-refractivity contribution is 9.10. The van der Waals surface area contributed by atoms with Crippen molar-refractivity contribution in [3.8, 4) is 5.82 Å². The van der Waals surface area contributed by atoms with Crippen molar-refractivity contribution < 1.29 is 0 Å². The zero-order valence-electron chi connectivity index (χ0n) is 7.68. The average molecular weight is 253 g/mol. The zero-order valence-corrected chi connectivity index (χ0v) is 9.27. The molecule has 0 amide bonds. The minimum Gasteiger partial charge on any atom is -0.241 e. The third-order valence-electron chi connectivity index (χ3n) is 1.86. The lowest BCUT2D eigenvalue weighted by atomic mass is 10.3. The highest BCUT2D eigenvalue weighted by atomic mass is 79.9. The lowest BCUT2D eigenvalue weighted by Gasteiger charge is -2.00. The molecule has 2 aromatic heterocycles. The first-order valence-electron chi connectivity index (χ1n) is 4.31. The molecule has 72 valence electrons. The van der Waals surface area contributed by atoms with Crippen molar-refractivity contribution in [1.82, 2.24) is 19.7 Å². The summed E-state index contributed by atoms with van der Waals surface area (Å²) < 4.78 is 2.65. The molecule has 14 heavy (non-hydrogen) atoms. The van der Waals surface area contributed by atoms with Crippen molar-refractivity contribution in [2.75, 3.05) is 0 Å². The molecule has 0 N–H and O–H groups in total. The van der Waals surface area contributed by atoms with E-state index in [4.69, 9.17) is 0 Å². The Morgan fingerprint density at radius 2 is 2.29 bits per heavy atom.